The van der Waals surface area contributed by atoms with E-state index in [9.17, 15) is 0 Å². The second-order valence-corrected chi connectivity index (χ2v) is 6.68. The van der Waals surface area contributed by atoms with E-state index in [0.717, 1.165) is 37.6 Å². The largest absolute Gasteiger partial charge is 0.490 e. The molecule has 0 aromatic heterocycles. The van der Waals surface area contributed by atoms with Crippen LogP contribution in [0.1, 0.15) is 31.2 Å². The second-order valence-electron chi connectivity index (χ2n) is 6.68. The van der Waals surface area contributed by atoms with Gasteiger partial charge in [0.25, 0.3) is 0 Å². The Balaban J connectivity index is 1.55. The molecule has 2 aliphatic rings. The van der Waals surface area contributed by atoms with E-state index in [1.165, 1.54) is 37.9 Å². The van der Waals surface area contributed by atoms with Crippen molar-refractivity contribution in [1.29, 1.82) is 0 Å². The third-order valence-electron chi connectivity index (χ3n) is 4.79. The van der Waals surface area contributed by atoms with Gasteiger partial charge in [0.2, 0.25) is 0 Å². The molecule has 1 aromatic rings. The van der Waals surface area contributed by atoms with Gasteiger partial charge in [0.15, 0.2) is 0 Å². The van der Waals surface area contributed by atoms with Crippen molar-refractivity contribution in [1.82, 2.24) is 10.2 Å². The van der Waals surface area contributed by atoms with Crippen molar-refractivity contribution in [2.24, 2.45) is 5.92 Å². The van der Waals surface area contributed by atoms with Gasteiger partial charge in [-0.05, 0) is 75.9 Å². The lowest BCUT2D eigenvalue weighted by Gasteiger charge is -2.29. The number of piperidine rings is 2. The summed E-state index contributed by atoms with van der Waals surface area (Å²) in [5.41, 5.74) is 1.43. The molecule has 2 saturated heterocycles. The van der Waals surface area contributed by atoms with Crippen LogP contribution in [-0.4, -0.2) is 44.2 Å². The number of hydrogen-bond donors (Lipinski definition) is 1. The normalized spacial score (nSPS) is 24.9. The Morgan fingerprint density at radius 3 is 2.86 bits per heavy atom. The standard InChI is InChI=1S/C18H28N2O/c1-20-10-7-17(8-11-20)21-18-6-2-4-15(13-18)12-16-5-3-9-19-14-16/h2,4,6,13,16-17,19H,3,5,7-12,14H2,1H3. The van der Waals surface area contributed by atoms with Gasteiger partial charge < -0.3 is 15.0 Å². The summed E-state index contributed by atoms with van der Waals surface area (Å²) >= 11 is 0. The Hall–Kier alpha value is -1.06. The first kappa shape index (κ1) is 14.9. The number of rotatable bonds is 4. The number of ether oxygens (including phenoxy) is 1. The molecule has 21 heavy (non-hydrogen) atoms. The summed E-state index contributed by atoms with van der Waals surface area (Å²) in [6.07, 6.45) is 6.54. The van der Waals surface area contributed by atoms with Crippen molar-refractivity contribution in [2.45, 2.75) is 38.2 Å². The summed E-state index contributed by atoms with van der Waals surface area (Å²) in [6.45, 7) is 4.66. The van der Waals surface area contributed by atoms with Crippen LogP contribution in [0.25, 0.3) is 0 Å². The Morgan fingerprint density at radius 2 is 2.10 bits per heavy atom. The molecule has 116 valence electrons. The predicted octanol–water partition coefficient (Wildman–Crippen LogP) is 2.70. The van der Waals surface area contributed by atoms with Crippen molar-refractivity contribution in [2.75, 3.05) is 33.2 Å². The molecular formula is C18H28N2O. The van der Waals surface area contributed by atoms with E-state index < -0.39 is 0 Å². The fourth-order valence-corrected chi connectivity index (χ4v) is 3.47. The topological polar surface area (TPSA) is 24.5 Å². The Bertz CT molecular complexity index is 435. The molecule has 0 spiro atoms. The maximum absolute atomic E-state index is 6.19. The molecule has 3 heteroatoms. The number of likely N-dealkylation sites (tertiary alicyclic amines) is 1. The summed E-state index contributed by atoms with van der Waals surface area (Å²) in [7, 11) is 2.19. The van der Waals surface area contributed by atoms with Gasteiger partial charge in [-0.25, -0.2) is 0 Å². The van der Waals surface area contributed by atoms with Gasteiger partial charge in [-0.2, -0.15) is 0 Å². The summed E-state index contributed by atoms with van der Waals surface area (Å²) in [5.74, 6) is 1.85. The Morgan fingerprint density at radius 1 is 1.24 bits per heavy atom. The third kappa shape index (κ3) is 4.45. The number of nitrogens with one attached hydrogen (secondary N) is 1. The van der Waals surface area contributed by atoms with Crippen LogP contribution < -0.4 is 10.1 Å². The highest BCUT2D eigenvalue weighted by molar-refractivity contribution is 5.29. The molecule has 0 amide bonds. The molecule has 0 aliphatic carbocycles. The van der Waals surface area contributed by atoms with Crippen LogP contribution in [0.5, 0.6) is 5.75 Å². The molecule has 2 aliphatic heterocycles. The minimum Gasteiger partial charge on any atom is -0.490 e. The first-order chi connectivity index (χ1) is 10.3. The van der Waals surface area contributed by atoms with E-state index >= 15 is 0 Å². The van der Waals surface area contributed by atoms with Gasteiger partial charge in [0, 0.05) is 13.1 Å². The minimum absolute atomic E-state index is 0.396. The molecule has 1 unspecified atom stereocenters. The molecule has 2 heterocycles. The minimum atomic E-state index is 0.396. The van der Waals surface area contributed by atoms with Gasteiger partial charge in [-0.3, -0.25) is 0 Å². The van der Waals surface area contributed by atoms with Gasteiger partial charge in [0.1, 0.15) is 11.9 Å². The number of hydrogen-bond acceptors (Lipinski definition) is 3. The summed E-state index contributed by atoms with van der Waals surface area (Å²) < 4.78 is 6.19. The van der Waals surface area contributed by atoms with Crippen molar-refractivity contribution in [3.63, 3.8) is 0 Å². The van der Waals surface area contributed by atoms with E-state index in [4.69, 9.17) is 4.74 Å². The molecule has 3 nitrogen and oxygen atoms in total. The highest BCUT2D eigenvalue weighted by Crippen LogP contribution is 2.22. The zero-order valence-corrected chi connectivity index (χ0v) is 13.2. The van der Waals surface area contributed by atoms with Crippen LogP contribution in [0.15, 0.2) is 24.3 Å². The number of nitrogens with zero attached hydrogens (tertiary/aromatic N) is 1. The molecule has 2 fully saturated rings. The van der Waals surface area contributed by atoms with Gasteiger partial charge in [-0.15, -0.1) is 0 Å². The SMILES string of the molecule is CN1CCC(Oc2cccc(CC3CCCNC3)c2)CC1. The monoisotopic (exact) mass is 288 g/mol. The maximum atomic E-state index is 6.19. The third-order valence-corrected chi connectivity index (χ3v) is 4.79. The van der Waals surface area contributed by atoms with Gasteiger partial charge >= 0.3 is 0 Å². The highest BCUT2D eigenvalue weighted by atomic mass is 16.5. The van der Waals surface area contributed by atoms with Crippen LogP contribution in [0.4, 0.5) is 0 Å². The first-order valence-corrected chi connectivity index (χ1v) is 8.44. The molecule has 0 bridgehead atoms. The van der Waals surface area contributed by atoms with E-state index in [1.807, 2.05) is 0 Å². The lowest BCUT2D eigenvalue weighted by atomic mass is 9.92. The predicted molar refractivity (Wildman–Crippen MR) is 86.9 cm³/mol. The van der Waals surface area contributed by atoms with Crippen LogP contribution in [0.3, 0.4) is 0 Å². The molecule has 0 radical (unpaired) electrons. The Labute approximate surface area is 128 Å². The van der Waals surface area contributed by atoms with Crippen molar-refractivity contribution in [3.8, 4) is 5.75 Å². The highest BCUT2D eigenvalue weighted by Gasteiger charge is 2.18. The van der Waals surface area contributed by atoms with E-state index in [1.54, 1.807) is 0 Å². The van der Waals surface area contributed by atoms with Crippen LogP contribution in [0, 0.1) is 5.92 Å². The van der Waals surface area contributed by atoms with E-state index in [2.05, 4.69) is 41.5 Å². The smallest absolute Gasteiger partial charge is 0.119 e. The van der Waals surface area contributed by atoms with E-state index in [0.29, 0.717) is 6.10 Å². The van der Waals surface area contributed by atoms with Gasteiger partial charge in [0.05, 0.1) is 0 Å². The molecular weight excluding hydrogens is 260 g/mol. The second kappa shape index (κ2) is 7.28. The Kier molecular flexibility index (Phi) is 5.15. The summed E-state index contributed by atoms with van der Waals surface area (Å²) in [4.78, 5) is 2.38. The van der Waals surface area contributed by atoms with Crippen LogP contribution in [0.2, 0.25) is 0 Å². The molecule has 3 rings (SSSR count). The quantitative estimate of drug-likeness (QED) is 0.922. The average Bonchev–Trinajstić information content (AvgIpc) is 2.51. The van der Waals surface area contributed by atoms with E-state index in [-0.39, 0.29) is 0 Å². The maximum Gasteiger partial charge on any atom is 0.119 e. The van der Waals surface area contributed by atoms with Crippen LogP contribution in [-0.2, 0) is 6.42 Å². The zero-order chi connectivity index (χ0) is 14.5. The zero-order valence-electron chi connectivity index (χ0n) is 13.2. The lowest BCUT2D eigenvalue weighted by molar-refractivity contribution is 0.114. The summed E-state index contributed by atoms with van der Waals surface area (Å²) in [6, 6.07) is 8.76. The lowest BCUT2D eigenvalue weighted by Crippen LogP contribution is -2.35. The molecule has 1 aromatic carbocycles. The fraction of sp³-hybridized carbons (Fsp3) is 0.667. The molecule has 1 N–H and O–H groups in total. The van der Waals surface area contributed by atoms with Crippen molar-refractivity contribution in [3.05, 3.63) is 29.8 Å². The summed E-state index contributed by atoms with van der Waals surface area (Å²) in [5, 5.41) is 3.50. The van der Waals surface area contributed by atoms with Gasteiger partial charge in [-0.1, -0.05) is 12.1 Å². The first-order valence-electron chi connectivity index (χ1n) is 8.44. The molecule has 1 atom stereocenters. The molecule has 0 saturated carbocycles. The average molecular weight is 288 g/mol. The fourth-order valence-electron chi connectivity index (χ4n) is 3.47. The number of benzene rings is 1. The van der Waals surface area contributed by atoms with Crippen molar-refractivity contribution < 1.29 is 4.74 Å². The van der Waals surface area contributed by atoms with Crippen molar-refractivity contribution >= 4 is 0 Å². The van der Waals surface area contributed by atoms with Crippen LogP contribution >= 0.6 is 0 Å².